The SMILES string of the molecule is C1CNCCN1.CC(C)(C)CCCC(=O)O.CCCC(NC(=O)CCc1ccc(O)cc1)C(N)=O.NC=O. The highest BCUT2D eigenvalue weighted by Gasteiger charge is 2.16. The number of piperazine rings is 1. The van der Waals surface area contributed by atoms with Crippen LogP contribution in [0.2, 0.25) is 0 Å². The van der Waals surface area contributed by atoms with Crippen molar-refractivity contribution in [1.82, 2.24) is 16.0 Å². The van der Waals surface area contributed by atoms with Crippen LogP contribution in [0.1, 0.15) is 71.8 Å². The van der Waals surface area contributed by atoms with E-state index in [2.05, 4.69) is 42.5 Å². The number of carbonyl (C=O) groups is 4. The summed E-state index contributed by atoms with van der Waals surface area (Å²) in [5.74, 6) is -1.18. The summed E-state index contributed by atoms with van der Waals surface area (Å²) in [5, 5.41) is 26.5. The number of nitrogens with two attached hydrogens (primary N) is 2. The molecule has 1 aliphatic rings. The molecular formula is C27H49N5O6. The summed E-state index contributed by atoms with van der Waals surface area (Å²) in [6.45, 7) is 12.8. The largest absolute Gasteiger partial charge is 0.508 e. The average Bonchev–Trinajstić information content (AvgIpc) is 2.85. The molecule has 1 aromatic rings. The van der Waals surface area contributed by atoms with Gasteiger partial charge in [-0.05, 0) is 48.8 Å². The van der Waals surface area contributed by atoms with Gasteiger partial charge in [-0.2, -0.15) is 0 Å². The molecule has 0 aromatic heterocycles. The molecule has 1 aliphatic heterocycles. The molecule has 0 bridgehead atoms. The number of phenols is 1. The number of aryl methyl sites for hydroxylation is 1. The van der Waals surface area contributed by atoms with Crippen LogP contribution in [0.4, 0.5) is 0 Å². The molecule has 0 saturated carbocycles. The third-order valence-electron chi connectivity index (χ3n) is 5.11. The molecule has 0 aliphatic carbocycles. The van der Waals surface area contributed by atoms with E-state index in [1.807, 2.05) is 6.92 Å². The summed E-state index contributed by atoms with van der Waals surface area (Å²) >= 11 is 0. The Morgan fingerprint density at radius 2 is 1.55 bits per heavy atom. The second-order valence-corrected chi connectivity index (χ2v) is 9.92. The van der Waals surface area contributed by atoms with Crippen LogP contribution in [0.25, 0.3) is 0 Å². The van der Waals surface area contributed by atoms with Crippen LogP contribution in [0.5, 0.6) is 5.75 Å². The van der Waals surface area contributed by atoms with Gasteiger partial charge in [0, 0.05) is 39.0 Å². The highest BCUT2D eigenvalue weighted by molar-refractivity contribution is 5.86. The van der Waals surface area contributed by atoms with Crippen LogP contribution < -0.4 is 27.4 Å². The van der Waals surface area contributed by atoms with Gasteiger partial charge < -0.3 is 37.6 Å². The van der Waals surface area contributed by atoms with Crippen molar-refractivity contribution in [2.45, 2.75) is 78.7 Å². The molecule has 1 saturated heterocycles. The summed E-state index contributed by atoms with van der Waals surface area (Å²) in [6.07, 6.45) is 4.52. The molecule has 3 amide bonds. The Labute approximate surface area is 227 Å². The van der Waals surface area contributed by atoms with E-state index >= 15 is 0 Å². The minimum absolute atomic E-state index is 0.190. The lowest BCUT2D eigenvalue weighted by molar-refractivity contribution is -0.137. The molecule has 0 spiro atoms. The van der Waals surface area contributed by atoms with Gasteiger partial charge in [-0.15, -0.1) is 0 Å². The van der Waals surface area contributed by atoms with E-state index < -0.39 is 17.9 Å². The number of nitrogens with one attached hydrogen (secondary N) is 3. The van der Waals surface area contributed by atoms with Gasteiger partial charge in [0.25, 0.3) is 0 Å². The number of rotatable bonds is 10. The minimum Gasteiger partial charge on any atom is -0.508 e. The number of carboxylic acids is 1. The Kier molecular flexibility index (Phi) is 22.4. The fourth-order valence-corrected chi connectivity index (χ4v) is 3.13. The van der Waals surface area contributed by atoms with Crippen molar-refractivity contribution >= 4 is 24.2 Å². The molecule has 1 heterocycles. The number of carbonyl (C=O) groups excluding carboxylic acids is 3. The number of phenolic OH excluding ortho intramolecular Hbond substituents is 1. The molecule has 0 radical (unpaired) electrons. The van der Waals surface area contributed by atoms with Crippen LogP contribution >= 0.6 is 0 Å². The number of carboxylic acid groups (broad SMARTS) is 1. The number of hydrogen-bond donors (Lipinski definition) is 7. The molecule has 218 valence electrons. The maximum absolute atomic E-state index is 11.7. The quantitative estimate of drug-likeness (QED) is 0.218. The second-order valence-electron chi connectivity index (χ2n) is 9.92. The van der Waals surface area contributed by atoms with Gasteiger partial charge in [0.1, 0.15) is 11.8 Å². The zero-order valence-electron chi connectivity index (χ0n) is 23.4. The van der Waals surface area contributed by atoms with E-state index in [1.165, 1.54) is 0 Å². The number of primary amides is 2. The molecule has 11 nitrogen and oxygen atoms in total. The molecule has 1 aromatic carbocycles. The van der Waals surface area contributed by atoms with Crippen molar-refractivity contribution < 1.29 is 29.4 Å². The molecule has 1 atom stereocenters. The van der Waals surface area contributed by atoms with Gasteiger partial charge in [0.05, 0.1) is 0 Å². The lowest BCUT2D eigenvalue weighted by atomic mass is 9.90. The van der Waals surface area contributed by atoms with Crippen LogP contribution in [-0.2, 0) is 25.6 Å². The van der Waals surface area contributed by atoms with Gasteiger partial charge in [-0.1, -0.05) is 46.2 Å². The predicted octanol–water partition coefficient (Wildman–Crippen LogP) is 1.66. The first kappa shape index (κ1) is 37.0. The maximum atomic E-state index is 11.7. The minimum atomic E-state index is -0.691. The van der Waals surface area contributed by atoms with E-state index in [0.717, 1.165) is 51.0 Å². The van der Waals surface area contributed by atoms with Gasteiger partial charge in [0.15, 0.2) is 0 Å². The van der Waals surface area contributed by atoms with Crippen LogP contribution in [0.3, 0.4) is 0 Å². The van der Waals surface area contributed by atoms with E-state index in [-0.39, 0.29) is 29.9 Å². The first-order chi connectivity index (χ1) is 17.9. The van der Waals surface area contributed by atoms with Gasteiger partial charge in [0.2, 0.25) is 18.2 Å². The summed E-state index contributed by atoms with van der Waals surface area (Å²) in [5.41, 5.74) is 10.6. The van der Waals surface area contributed by atoms with Crippen molar-refractivity contribution in [3.8, 4) is 5.75 Å². The molecule has 1 fully saturated rings. The monoisotopic (exact) mass is 539 g/mol. The maximum Gasteiger partial charge on any atom is 0.303 e. The third kappa shape index (κ3) is 25.9. The normalized spacial score (nSPS) is 13.1. The highest BCUT2D eigenvalue weighted by Crippen LogP contribution is 2.21. The first-order valence-electron chi connectivity index (χ1n) is 13.0. The van der Waals surface area contributed by atoms with Gasteiger partial charge in [-0.25, -0.2) is 0 Å². The Bertz CT molecular complexity index is 766. The zero-order valence-corrected chi connectivity index (χ0v) is 23.4. The Morgan fingerprint density at radius 3 is 1.92 bits per heavy atom. The predicted molar refractivity (Wildman–Crippen MR) is 149 cm³/mol. The van der Waals surface area contributed by atoms with E-state index in [1.54, 1.807) is 24.3 Å². The summed E-state index contributed by atoms with van der Waals surface area (Å²) < 4.78 is 0. The van der Waals surface area contributed by atoms with Crippen molar-refractivity contribution in [3.63, 3.8) is 0 Å². The summed E-state index contributed by atoms with van der Waals surface area (Å²) in [6, 6.07) is 6.10. The molecule has 1 unspecified atom stereocenters. The van der Waals surface area contributed by atoms with Crippen LogP contribution in [0.15, 0.2) is 24.3 Å². The lowest BCUT2D eigenvalue weighted by Gasteiger charge is -2.16. The Hall–Kier alpha value is -3.18. The Morgan fingerprint density at radius 1 is 1.05 bits per heavy atom. The van der Waals surface area contributed by atoms with Crippen molar-refractivity contribution in [2.75, 3.05) is 26.2 Å². The lowest BCUT2D eigenvalue weighted by Crippen LogP contribution is -2.44. The number of benzene rings is 1. The summed E-state index contributed by atoms with van der Waals surface area (Å²) in [4.78, 5) is 41.5. The highest BCUT2D eigenvalue weighted by atomic mass is 16.4. The smallest absolute Gasteiger partial charge is 0.303 e. The van der Waals surface area contributed by atoms with Gasteiger partial charge >= 0.3 is 5.97 Å². The standard InChI is InChI=1S/C14H20N2O3.C8H16O2.C4H10N2.CH3NO/c1-2-3-12(14(15)19)16-13(18)9-6-10-4-7-11(17)8-5-10;1-8(2,3)6-4-5-7(9)10;1-2-6-4-3-5-1;2-1-3/h4-5,7-8,12,17H,2-3,6,9H2,1H3,(H2,15,19)(H,16,18);4-6H2,1-3H3,(H,9,10);5-6H,1-4H2;1H,(H2,2,3). The fourth-order valence-electron chi connectivity index (χ4n) is 3.13. The third-order valence-corrected chi connectivity index (χ3v) is 5.11. The van der Waals surface area contributed by atoms with Gasteiger partial charge in [-0.3, -0.25) is 19.2 Å². The van der Waals surface area contributed by atoms with E-state index in [4.69, 9.17) is 20.7 Å². The summed E-state index contributed by atoms with van der Waals surface area (Å²) in [7, 11) is 0. The van der Waals surface area contributed by atoms with E-state index in [0.29, 0.717) is 19.3 Å². The first-order valence-corrected chi connectivity index (χ1v) is 13.0. The number of aromatic hydroxyl groups is 1. The molecule has 38 heavy (non-hydrogen) atoms. The topological polar surface area (TPSA) is 197 Å². The zero-order chi connectivity index (χ0) is 29.4. The molecule has 2 rings (SSSR count). The number of hydrogen-bond acceptors (Lipinski definition) is 7. The van der Waals surface area contributed by atoms with Crippen molar-refractivity contribution in [1.29, 1.82) is 0 Å². The Balaban J connectivity index is 0. The van der Waals surface area contributed by atoms with E-state index in [9.17, 15) is 14.4 Å². The average molecular weight is 540 g/mol. The number of aliphatic carboxylic acids is 1. The molecular weight excluding hydrogens is 490 g/mol. The van der Waals surface area contributed by atoms with Crippen LogP contribution in [0, 0.1) is 5.41 Å². The molecule has 9 N–H and O–H groups in total. The molecule has 11 heteroatoms. The van der Waals surface area contributed by atoms with Crippen LogP contribution in [-0.4, -0.2) is 66.6 Å². The second kappa shape index (κ2) is 23.0. The van der Waals surface area contributed by atoms with Crippen molar-refractivity contribution in [2.24, 2.45) is 16.9 Å². The number of amides is 3. The van der Waals surface area contributed by atoms with Crippen molar-refractivity contribution in [3.05, 3.63) is 29.8 Å². The fraction of sp³-hybridized carbons (Fsp3) is 0.630.